The lowest BCUT2D eigenvalue weighted by Crippen LogP contribution is -2.49. The molecule has 1 N–H and O–H groups in total. The lowest BCUT2D eigenvalue weighted by molar-refractivity contribution is 0.0623. The van der Waals surface area contributed by atoms with Crippen LogP contribution in [0.2, 0.25) is 5.02 Å². The third-order valence-corrected chi connectivity index (χ3v) is 5.27. The van der Waals surface area contributed by atoms with Gasteiger partial charge in [-0.05, 0) is 30.9 Å². The van der Waals surface area contributed by atoms with Crippen LogP contribution in [0.15, 0.2) is 28.8 Å². The number of piperazine rings is 1. The molecule has 0 spiro atoms. The van der Waals surface area contributed by atoms with Crippen molar-refractivity contribution in [3.05, 3.63) is 51.9 Å². The quantitative estimate of drug-likeness (QED) is 0.865. The third kappa shape index (κ3) is 3.41. The topological polar surface area (TPSA) is 58.4 Å². The number of rotatable bonds is 2. The fraction of sp³-hybridized carbons (Fsp3) is 0.444. The van der Waals surface area contributed by atoms with Crippen LogP contribution in [0.3, 0.4) is 0 Å². The molecule has 2 heterocycles. The van der Waals surface area contributed by atoms with Crippen molar-refractivity contribution in [1.82, 2.24) is 15.4 Å². The van der Waals surface area contributed by atoms with Crippen LogP contribution in [0.5, 0.6) is 0 Å². The van der Waals surface area contributed by atoms with Crippen molar-refractivity contribution in [2.45, 2.75) is 31.7 Å². The summed E-state index contributed by atoms with van der Waals surface area (Å²) in [4.78, 5) is 15.0. The summed E-state index contributed by atoms with van der Waals surface area (Å²) in [6.07, 6.45) is 3.95. The first kappa shape index (κ1) is 18.2. The number of aryl methyl sites for hydroxylation is 1. The van der Waals surface area contributed by atoms with Crippen molar-refractivity contribution >= 4 is 29.9 Å². The number of nitrogens with one attached hydrogen (secondary N) is 1. The number of fused-ring (bicyclic) bond motifs is 1. The van der Waals surface area contributed by atoms with E-state index in [1.54, 1.807) is 0 Å². The molecule has 0 saturated carbocycles. The number of hydrogen-bond donors (Lipinski definition) is 1. The Morgan fingerprint density at radius 1 is 1.28 bits per heavy atom. The van der Waals surface area contributed by atoms with Gasteiger partial charge >= 0.3 is 0 Å². The number of hydrogen-bond acceptors (Lipinski definition) is 4. The Bertz CT molecular complexity index is 763. The number of halogens is 2. The molecule has 25 heavy (non-hydrogen) atoms. The number of nitrogens with zero attached hydrogens (tertiary/aromatic N) is 2. The second-order valence-electron chi connectivity index (χ2n) is 6.38. The molecule has 1 aliphatic heterocycles. The molecule has 0 bridgehead atoms. The Balaban J connectivity index is 0.00000182. The first-order valence-corrected chi connectivity index (χ1v) is 8.87. The molecule has 2 aliphatic rings. The van der Waals surface area contributed by atoms with Gasteiger partial charge < -0.3 is 14.7 Å². The van der Waals surface area contributed by atoms with Crippen molar-refractivity contribution in [2.24, 2.45) is 0 Å². The fourth-order valence-corrected chi connectivity index (χ4v) is 3.92. The summed E-state index contributed by atoms with van der Waals surface area (Å²) in [5.41, 5.74) is 2.46. The first-order chi connectivity index (χ1) is 11.8. The summed E-state index contributed by atoms with van der Waals surface area (Å²) < 4.78 is 5.42. The Morgan fingerprint density at radius 3 is 2.92 bits per heavy atom. The highest BCUT2D eigenvalue weighted by Crippen LogP contribution is 2.31. The number of carbonyl (C=O) groups is 1. The largest absolute Gasteiger partial charge is 0.360 e. The second kappa shape index (κ2) is 7.77. The molecule has 1 amide bonds. The predicted molar refractivity (Wildman–Crippen MR) is 98.5 cm³/mol. The summed E-state index contributed by atoms with van der Waals surface area (Å²) in [5, 5.41) is 8.15. The van der Waals surface area contributed by atoms with Gasteiger partial charge in [-0.15, -0.1) is 12.4 Å². The van der Waals surface area contributed by atoms with E-state index in [1.807, 2.05) is 29.2 Å². The van der Waals surface area contributed by atoms with E-state index in [1.165, 1.54) is 0 Å². The highest BCUT2D eigenvalue weighted by Gasteiger charge is 2.34. The Labute approximate surface area is 158 Å². The average molecular weight is 382 g/mol. The van der Waals surface area contributed by atoms with Crippen LogP contribution in [0.25, 0.3) is 0 Å². The van der Waals surface area contributed by atoms with Crippen LogP contribution in [0.1, 0.15) is 46.3 Å². The van der Waals surface area contributed by atoms with Crippen LogP contribution in [0.4, 0.5) is 0 Å². The third-order valence-electron chi connectivity index (χ3n) is 4.92. The molecular weight excluding hydrogens is 361 g/mol. The molecule has 134 valence electrons. The molecular formula is C18H21Cl2N3O2. The SMILES string of the molecule is Cl.O=C(c1noc2c1CCCC2)N1CCNCC1c1ccccc1Cl. The van der Waals surface area contributed by atoms with Crippen molar-refractivity contribution in [3.63, 3.8) is 0 Å². The monoisotopic (exact) mass is 381 g/mol. The lowest BCUT2D eigenvalue weighted by Gasteiger charge is -2.36. The molecule has 4 rings (SSSR count). The van der Waals surface area contributed by atoms with Crippen LogP contribution in [0, 0.1) is 0 Å². The van der Waals surface area contributed by atoms with Crippen molar-refractivity contribution in [2.75, 3.05) is 19.6 Å². The Hall–Kier alpha value is -1.56. The van der Waals surface area contributed by atoms with E-state index in [2.05, 4.69) is 10.5 Å². The van der Waals surface area contributed by atoms with E-state index in [0.717, 1.165) is 49.1 Å². The maximum absolute atomic E-state index is 13.2. The number of amides is 1. The lowest BCUT2D eigenvalue weighted by atomic mass is 9.95. The van der Waals surface area contributed by atoms with Gasteiger partial charge in [0.05, 0.1) is 6.04 Å². The zero-order valence-electron chi connectivity index (χ0n) is 13.8. The van der Waals surface area contributed by atoms with Gasteiger partial charge in [-0.1, -0.05) is 35.0 Å². The number of carbonyl (C=O) groups excluding carboxylic acids is 1. The van der Waals surface area contributed by atoms with Crippen molar-refractivity contribution in [1.29, 1.82) is 0 Å². The van der Waals surface area contributed by atoms with Gasteiger partial charge in [0.15, 0.2) is 5.69 Å². The van der Waals surface area contributed by atoms with Gasteiger partial charge in [0.25, 0.3) is 5.91 Å². The molecule has 1 aromatic carbocycles. The van der Waals surface area contributed by atoms with Crippen molar-refractivity contribution < 1.29 is 9.32 Å². The smallest absolute Gasteiger partial charge is 0.276 e. The Kier molecular flexibility index (Phi) is 5.67. The van der Waals surface area contributed by atoms with Gasteiger partial charge in [-0.3, -0.25) is 4.79 Å². The number of aromatic nitrogens is 1. The highest BCUT2D eigenvalue weighted by molar-refractivity contribution is 6.31. The van der Waals surface area contributed by atoms with Crippen LogP contribution in [-0.2, 0) is 12.8 Å². The molecule has 1 fully saturated rings. The van der Waals surface area contributed by atoms with Gasteiger partial charge in [0.1, 0.15) is 5.76 Å². The molecule has 0 radical (unpaired) electrons. The fourth-order valence-electron chi connectivity index (χ4n) is 3.66. The van der Waals surface area contributed by atoms with E-state index < -0.39 is 0 Å². The molecule has 1 unspecified atom stereocenters. The molecule has 1 aliphatic carbocycles. The highest BCUT2D eigenvalue weighted by atomic mass is 35.5. The molecule has 1 aromatic heterocycles. The predicted octanol–water partition coefficient (Wildman–Crippen LogP) is 3.42. The minimum absolute atomic E-state index is 0. The normalized spacial score (nSPS) is 19.9. The molecule has 7 heteroatoms. The minimum atomic E-state index is -0.0871. The van der Waals surface area contributed by atoms with Gasteiger partial charge in [-0.2, -0.15) is 0 Å². The second-order valence-corrected chi connectivity index (χ2v) is 6.79. The van der Waals surface area contributed by atoms with Crippen LogP contribution < -0.4 is 5.32 Å². The average Bonchev–Trinajstić information content (AvgIpc) is 3.06. The Morgan fingerprint density at radius 2 is 2.08 bits per heavy atom. The standard InChI is InChI=1S/C18H20ClN3O2.ClH/c19-14-7-3-1-5-12(14)15-11-20-9-10-22(15)18(23)17-13-6-2-4-8-16(13)24-21-17;/h1,3,5,7,15,20H,2,4,6,8-11H2;1H. The van der Waals surface area contributed by atoms with Crippen molar-refractivity contribution in [3.8, 4) is 0 Å². The van der Waals surface area contributed by atoms with Crippen LogP contribution >= 0.6 is 24.0 Å². The molecule has 2 aromatic rings. The van der Waals surface area contributed by atoms with E-state index >= 15 is 0 Å². The number of benzene rings is 1. The molecule has 1 atom stereocenters. The van der Waals surface area contributed by atoms with E-state index in [4.69, 9.17) is 16.1 Å². The van der Waals surface area contributed by atoms with Crippen LogP contribution in [-0.4, -0.2) is 35.6 Å². The van der Waals surface area contributed by atoms with Gasteiger partial charge in [-0.25, -0.2) is 0 Å². The summed E-state index contributed by atoms with van der Waals surface area (Å²) in [5.74, 6) is 0.836. The zero-order valence-corrected chi connectivity index (χ0v) is 15.4. The maximum atomic E-state index is 13.2. The van der Waals surface area contributed by atoms with E-state index in [9.17, 15) is 4.79 Å². The summed E-state index contributed by atoms with van der Waals surface area (Å²) >= 11 is 6.37. The zero-order chi connectivity index (χ0) is 16.5. The van der Waals surface area contributed by atoms with E-state index in [-0.39, 0.29) is 24.4 Å². The van der Waals surface area contributed by atoms with Gasteiger partial charge in [0, 0.05) is 36.6 Å². The molecule has 5 nitrogen and oxygen atoms in total. The minimum Gasteiger partial charge on any atom is -0.360 e. The van der Waals surface area contributed by atoms with E-state index in [0.29, 0.717) is 23.8 Å². The van der Waals surface area contributed by atoms with Gasteiger partial charge in [0.2, 0.25) is 0 Å². The summed E-state index contributed by atoms with van der Waals surface area (Å²) in [6, 6.07) is 7.62. The maximum Gasteiger partial charge on any atom is 0.276 e. The summed E-state index contributed by atoms with van der Waals surface area (Å²) in [7, 11) is 0. The first-order valence-electron chi connectivity index (χ1n) is 8.49. The summed E-state index contributed by atoms with van der Waals surface area (Å²) in [6.45, 7) is 2.10. The molecule has 1 saturated heterocycles.